The third-order valence-electron chi connectivity index (χ3n) is 11.7. The van der Waals surface area contributed by atoms with Crippen LogP contribution in [0.1, 0.15) is 78.2 Å². The normalized spacial score (nSPS) is 52.9. The van der Waals surface area contributed by atoms with Gasteiger partial charge in [-0.2, -0.15) is 0 Å². The first-order valence-electron chi connectivity index (χ1n) is 13.2. The van der Waals surface area contributed by atoms with Crippen molar-refractivity contribution in [3.8, 4) is 0 Å². The highest BCUT2D eigenvalue weighted by Gasteiger charge is 2.88. The van der Waals surface area contributed by atoms with Gasteiger partial charge in [-0.15, -0.1) is 0 Å². The number of carbonyl (C=O) groups is 2. The number of epoxide rings is 1. The van der Waals surface area contributed by atoms with Crippen molar-refractivity contribution in [1.29, 1.82) is 0 Å². The van der Waals surface area contributed by atoms with Gasteiger partial charge in [0.15, 0.2) is 0 Å². The van der Waals surface area contributed by atoms with Crippen LogP contribution in [0.5, 0.6) is 0 Å². The van der Waals surface area contributed by atoms with Crippen LogP contribution in [0.25, 0.3) is 0 Å². The lowest BCUT2D eigenvalue weighted by atomic mass is 9.37. The van der Waals surface area contributed by atoms with Gasteiger partial charge >= 0.3 is 11.9 Å². The van der Waals surface area contributed by atoms with Crippen molar-refractivity contribution < 1.29 is 33.0 Å². The number of rotatable bonds is 2. The molecule has 0 radical (unpaired) electrons. The highest BCUT2D eigenvalue weighted by Crippen LogP contribution is 2.83. The van der Waals surface area contributed by atoms with E-state index in [9.17, 15) is 9.59 Å². The fraction of sp³-hybridized carbons (Fsp3) is 0.786. The molecule has 10 unspecified atom stereocenters. The summed E-state index contributed by atoms with van der Waals surface area (Å²) in [5.41, 5.74) is -0.431. The number of furan rings is 1. The second-order valence-corrected chi connectivity index (χ2v) is 13.1. The minimum Gasteiger partial charge on any atom is -0.472 e. The number of fused-ring (bicyclic) bond motifs is 1. The van der Waals surface area contributed by atoms with Crippen LogP contribution in [0.2, 0.25) is 0 Å². The summed E-state index contributed by atoms with van der Waals surface area (Å²) in [5.74, 6) is 0.182. The van der Waals surface area contributed by atoms with Crippen molar-refractivity contribution in [3.63, 3.8) is 0 Å². The number of ether oxygens (including phenoxy) is 4. The Morgan fingerprint density at radius 1 is 1.09 bits per heavy atom. The zero-order valence-electron chi connectivity index (χ0n) is 21.3. The predicted molar refractivity (Wildman–Crippen MR) is 123 cm³/mol. The molecular weight excluding hydrogens is 448 g/mol. The van der Waals surface area contributed by atoms with E-state index in [2.05, 4.69) is 33.8 Å². The highest BCUT2D eigenvalue weighted by atomic mass is 16.6. The molecule has 3 saturated heterocycles. The fourth-order valence-electron chi connectivity index (χ4n) is 10.5. The lowest BCUT2D eigenvalue weighted by Gasteiger charge is -2.66. The Bertz CT molecular complexity index is 1090. The summed E-state index contributed by atoms with van der Waals surface area (Å²) in [6.45, 7) is 10.8. The molecule has 35 heavy (non-hydrogen) atoms. The van der Waals surface area contributed by atoms with E-state index in [0.29, 0.717) is 18.9 Å². The van der Waals surface area contributed by atoms with Crippen LogP contribution < -0.4 is 0 Å². The van der Waals surface area contributed by atoms with Crippen molar-refractivity contribution in [2.75, 3.05) is 6.61 Å². The Hall–Kier alpha value is -1.86. The van der Waals surface area contributed by atoms with E-state index in [0.717, 1.165) is 19.3 Å². The van der Waals surface area contributed by atoms with Gasteiger partial charge in [0, 0.05) is 29.1 Å². The van der Waals surface area contributed by atoms with E-state index in [1.807, 2.05) is 6.26 Å². The molecule has 7 nitrogen and oxygen atoms in total. The smallest absolute Gasteiger partial charge is 0.308 e. The van der Waals surface area contributed by atoms with E-state index in [1.54, 1.807) is 6.26 Å². The largest absolute Gasteiger partial charge is 0.472 e. The van der Waals surface area contributed by atoms with E-state index in [4.69, 9.17) is 23.4 Å². The van der Waals surface area contributed by atoms with Crippen molar-refractivity contribution in [2.24, 2.45) is 28.1 Å². The third-order valence-corrected chi connectivity index (χ3v) is 11.7. The van der Waals surface area contributed by atoms with Crippen LogP contribution in [0.3, 0.4) is 0 Å². The first-order chi connectivity index (χ1) is 16.5. The number of hydrogen-bond acceptors (Lipinski definition) is 7. The van der Waals surface area contributed by atoms with Gasteiger partial charge in [0.05, 0.1) is 36.8 Å². The van der Waals surface area contributed by atoms with Gasteiger partial charge in [0.25, 0.3) is 0 Å². The van der Waals surface area contributed by atoms with E-state index in [-0.39, 0.29) is 59.3 Å². The van der Waals surface area contributed by atoms with Gasteiger partial charge in [-0.3, -0.25) is 9.59 Å². The van der Waals surface area contributed by atoms with Crippen LogP contribution >= 0.6 is 0 Å². The monoisotopic (exact) mass is 484 g/mol. The Balaban J connectivity index is 1.40. The van der Waals surface area contributed by atoms with Crippen LogP contribution in [-0.4, -0.2) is 48.1 Å². The molecule has 6 aliphatic rings. The molecule has 0 bridgehead atoms. The number of hydrogen-bond donors (Lipinski definition) is 0. The lowest BCUT2D eigenvalue weighted by molar-refractivity contribution is -0.250. The Morgan fingerprint density at radius 3 is 2.60 bits per heavy atom. The Morgan fingerprint density at radius 2 is 1.89 bits per heavy atom. The topological polar surface area (TPSA) is 87.5 Å². The molecule has 7 rings (SSSR count). The Kier molecular flexibility index (Phi) is 4.16. The summed E-state index contributed by atoms with van der Waals surface area (Å²) in [4.78, 5) is 24.9. The molecule has 7 heteroatoms. The van der Waals surface area contributed by atoms with Crippen molar-refractivity contribution in [2.45, 2.75) is 102 Å². The first kappa shape index (κ1) is 22.3. The summed E-state index contributed by atoms with van der Waals surface area (Å²) in [6.07, 6.45) is 7.17. The van der Waals surface area contributed by atoms with Gasteiger partial charge < -0.3 is 23.4 Å². The molecular formula is C28H36O7. The van der Waals surface area contributed by atoms with Gasteiger partial charge in [-0.05, 0) is 63.0 Å². The minimum absolute atomic E-state index is 0.107. The van der Waals surface area contributed by atoms with Gasteiger partial charge in [-0.25, -0.2) is 0 Å². The molecule has 0 amide bonds. The summed E-state index contributed by atoms with van der Waals surface area (Å²) in [7, 11) is 0. The molecule has 190 valence electrons. The molecule has 1 aromatic heterocycles. The zero-order valence-corrected chi connectivity index (χ0v) is 21.3. The lowest BCUT2D eigenvalue weighted by Crippen LogP contribution is -2.72. The number of esters is 2. The first-order valence-corrected chi connectivity index (χ1v) is 13.2. The van der Waals surface area contributed by atoms with Crippen molar-refractivity contribution in [1.82, 2.24) is 0 Å². The van der Waals surface area contributed by atoms with Gasteiger partial charge in [0.1, 0.15) is 18.3 Å². The third kappa shape index (κ3) is 2.36. The highest BCUT2D eigenvalue weighted by molar-refractivity contribution is 5.71. The van der Waals surface area contributed by atoms with E-state index >= 15 is 0 Å². The zero-order chi connectivity index (χ0) is 24.6. The molecule has 6 fully saturated rings. The Labute approximate surface area is 206 Å². The van der Waals surface area contributed by atoms with E-state index in [1.165, 1.54) is 12.5 Å². The van der Waals surface area contributed by atoms with Crippen LogP contribution in [0, 0.1) is 28.1 Å². The SMILES string of the molecule is CC(=O)OC1CC2C(C)(C)OC3CC(=O)OCC32C2CCC3(C)C(c4ccoc4)CC4OC43C12C. The molecule has 0 N–H and O–H groups in total. The van der Waals surface area contributed by atoms with Crippen LogP contribution in [0.4, 0.5) is 0 Å². The molecule has 3 aliphatic carbocycles. The fourth-order valence-corrected chi connectivity index (χ4v) is 10.5. The van der Waals surface area contributed by atoms with Crippen LogP contribution in [-0.2, 0) is 28.5 Å². The average molecular weight is 485 g/mol. The second kappa shape index (κ2) is 6.52. The standard InChI is InChI=1S/C28H36O7/c1-15(29)33-20-11-19-24(2,3)34-21-12-23(30)32-14-27(19,21)18-6-8-25(4)17(16-7-9-31-13-16)10-22-28(25,35-22)26(18,20)5/h7,9,13,17-22H,6,8,10-12,14H2,1-5H3. The quantitative estimate of drug-likeness (QED) is 0.454. The van der Waals surface area contributed by atoms with Crippen molar-refractivity contribution >= 4 is 11.9 Å². The summed E-state index contributed by atoms with van der Waals surface area (Å²) < 4.78 is 31.0. The molecule has 0 aromatic carbocycles. The predicted octanol–water partition coefficient (Wildman–Crippen LogP) is 4.39. The van der Waals surface area contributed by atoms with E-state index < -0.39 is 16.6 Å². The van der Waals surface area contributed by atoms with Crippen molar-refractivity contribution in [3.05, 3.63) is 24.2 Å². The second-order valence-electron chi connectivity index (χ2n) is 13.1. The molecule has 3 aliphatic heterocycles. The molecule has 10 atom stereocenters. The average Bonchev–Trinajstić information content (AvgIpc) is 3.06. The van der Waals surface area contributed by atoms with Crippen LogP contribution in [0.15, 0.2) is 23.0 Å². The maximum atomic E-state index is 12.5. The maximum Gasteiger partial charge on any atom is 0.308 e. The maximum absolute atomic E-state index is 12.5. The summed E-state index contributed by atoms with van der Waals surface area (Å²) in [5, 5.41) is 0. The van der Waals surface area contributed by atoms with Gasteiger partial charge in [0.2, 0.25) is 0 Å². The minimum atomic E-state index is -0.435. The molecule has 2 spiro atoms. The molecule has 4 heterocycles. The summed E-state index contributed by atoms with van der Waals surface area (Å²) >= 11 is 0. The molecule has 1 aromatic rings. The summed E-state index contributed by atoms with van der Waals surface area (Å²) in [6, 6.07) is 2.09. The number of carbonyl (C=O) groups excluding carboxylic acids is 2. The number of cyclic esters (lactones) is 1. The van der Waals surface area contributed by atoms with Gasteiger partial charge in [-0.1, -0.05) is 13.8 Å². The molecule has 3 saturated carbocycles.